The standard InChI is InChI=1S/C19H24N4O3S/c1-3-13-4-6-14(7-5-13)17-20-19(22-21-17)27-12-16(24)23-10-8-15(9-11-23)18(25)26-2/h4-7,15H,3,8-12H2,1-2H3,(H,20,21,22). The van der Waals surface area contributed by atoms with Crippen LogP contribution in [0.3, 0.4) is 0 Å². The number of rotatable bonds is 6. The van der Waals surface area contributed by atoms with Gasteiger partial charge >= 0.3 is 5.97 Å². The average molecular weight is 388 g/mol. The topological polar surface area (TPSA) is 88.2 Å². The number of piperidine rings is 1. The first kappa shape index (κ1) is 19.4. The number of ether oxygens (including phenoxy) is 1. The maximum Gasteiger partial charge on any atom is 0.308 e. The molecule has 7 nitrogen and oxygen atoms in total. The highest BCUT2D eigenvalue weighted by Gasteiger charge is 2.27. The number of likely N-dealkylation sites (tertiary alicyclic amines) is 1. The third-order valence-electron chi connectivity index (χ3n) is 4.81. The normalized spacial score (nSPS) is 15.0. The van der Waals surface area contributed by atoms with Crippen LogP contribution in [-0.2, 0) is 20.7 Å². The lowest BCUT2D eigenvalue weighted by Crippen LogP contribution is -2.41. The minimum Gasteiger partial charge on any atom is -0.469 e. The summed E-state index contributed by atoms with van der Waals surface area (Å²) in [5.41, 5.74) is 2.25. The Labute approximate surface area is 162 Å². The molecule has 1 fully saturated rings. The number of carbonyl (C=O) groups is 2. The molecule has 8 heteroatoms. The SMILES string of the molecule is CCc1ccc(-c2nc(SCC(=O)N3CCC(C(=O)OC)CC3)n[nH]2)cc1. The molecule has 1 aromatic heterocycles. The summed E-state index contributed by atoms with van der Waals surface area (Å²) in [4.78, 5) is 30.2. The number of aromatic amines is 1. The van der Waals surface area contributed by atoms with Gasteiger partial charge in [-0.1, -0.05) is 43.0 Å². The number of hydrogen-bond donors (Lipinski definition) is 1. The fourth-order valence-corrected chi connectivity index (χ4v) is 3.79. The van der Waals surface area contributed by atoms with E-state index in [1.54, 1.807) is 4.90 Å². The minimum absolute atomic E-state index is 0.0435. The lowest BCUT2D eigenvalue weighted by Gasteiger charge is -2.30. The summed E-state index contributed by atoms with van der Waals surface area (Å²) in [6, 6.07) is 8.19. The number of nitrogens with one attached hydrogen (secondary N) is 1. The molecule has 0 aliphatic carbocycles. The Balaban J connectivity index is 1.49. The van der Waals surface area contributed by atoms with E-state index in [1.807, 2.05) is 12.1 Å². The molecule has 1 aliphatic rings. The van der Waals surface area contributed by atoms with Crippen molar-refractivity contribution in [3.8, 4) is 11.4 Å². The van der Waals surface area contributed by atoms with Crippen molar-refractivity contribution >= 4 is 23.6 Å². The van der Waals surface area contributed by atoms with Crippen LogP contribution in [0.15, 0.2) is 29.4 Å². The summed E-state index contributed by atoms with van der Waals surface area (Å²) < 4.78 is 4.78. The van der Waals surface area contributed by atoms with Crippen LogP contribution in [0.5, 0.6) is 0 Å². The molecule has 2 heterocycles. The first-order valence-electron chi connectivity index (χ1n) is 9.10. The molecule has 0 unspecified atom stereocenters. The van der Waals surface area contributed by atoms with E-state index in [0.29, 0.717) is 36.9 Å². The summed E-state index contributed by atoms with van der Waals surface area (Å²) in [6.45, 7) is 3.29. The van der Waals surface area contributed by atoms with E-state index in [2.05, 4.69) is 34.2 Å². The molecule has 1 aromatic carbocycles. The highest BCUT2D eigenvalue weighted by molar-refractivity contribution is 7.99. The maximum atomic E-state index is 12.4. The number of nitrogens with zero attached hydrogens (tertiary/aromatic N) is 3. The fraction of sp³-hybridized carbons (Fsp3) is 0.474. The van der Waals surface area contributed by atoms with Crippen molar-refractivity contribution < 1.29 is 14.3 Å². The highest BCUT2D eigenvalue weighted by atomic mass is 32.2. The highest BCUT2D eigenvalue weighted by Crippen LogP contribution is 2.22. The minimum atomic E-state index is -0.184. The Morgan fingerprint density at radius 2 is 1.96 bits per heavy atom. The van der Waals surface area contributed by atoms with Crippen molar-refractivity contribution in [2.75, 3.05) is 26.0 Å². The van der Waals surface area contributed by atoms with Gasteiger partial charge in [0.1, 0.15) is 0 Å². The number of aryl methyl sites for hydroxylation is 1. The molecule has 1 saturated heterocycles. The van der Waals surface area contributed by atoms with Crippen molar-refractivity contribution in [3.05, 3.63) is 29.8 Å². The van der Waals surface area contributed by atoms with E-state index in [1.165, 1.54) is 24.4 Å². The van der Waals surface area contributed by atoms with Gasteiger partial charge in [-0.15, -0.1) is 5.10 Å². The van der Waals surface area contributed by atoms with Gasteiger partial charge in [-0.05, 0) is 24.8 Å². The van der Waals surface area contributed by atoms with Crippen LogP contribution in [0.1, 0.15) is 25.3 Å². The quantitative estimate of drug-likeness (QED) is 0.604. The fourth-order valence-electron chi connectivity index (χ4n) is 3.09. The molecule has 0 spiro atoms. The summed E-state index contributed by atoms with van der Waals surface area (Å²) in [5.74, 6) is 0.751. The molecule has 27 heavy (non-hydrogen) atoms. The van der Waals surface area contributed by atoms with E-state index < -0.39 is 0 Å². The lowest BCUT2D eigenvalue weighted by atomic mass is 9.97. The number of amides is 1. The molecule has 2 aromatic rings. The number of hydrogen-bond acceptors (Lipinski definition) is 6. The number of aromatic nitrogens is 3. The van der Waals surface area contributed by atoms with E-state index >= 15 is 0 Å². The number of esters is 1. The van der Waals surface area contributed by atoms with Crippen LogP contribution < -0.4 is 0 Å². The van der Waals surface area contributed by atoms with Gasteiger partial charge in [0.05, 0.1) is 18.8 Å². The third-order valence-corrected chi connectivity index (χ3v) is 5.64. The van der Waals surface area contributed by atoms with Crippen molar-refractivity contribution in [3.63, 3.8) is 0 Å². The Bertz CT molecular complexity index is 783. The Kier molecular flexibility index (Phi) is 6.49. The number of benzene rings is 1. The first-order chi connectivity index (χ1) is 13.1. The second-order valence-electron chi connectivity index (χ2n) is 6.48. The Morgan fingerprint density at radius 3 is 2.59 bits per heavy atom. The van der Waals surface area contributed by atoms with Crippen molar-refractivity contribution in [1.29, 1.82) is 0 Å². The van der Waals surface area contributed by atoms with Crippen molar-refractivity contribution in [2.24, 2.45) is 5.92 Å². The molecule has 0 bridgehead atoms. The second kappa shape index (κ2) is 9.03. The molecule has 1 amide bonds. The zero-order chi connectivity index (χ0) is 19.2. The second-order valence-corrected chi connectivity index (χ2v) is 7.43. The number of methoxy groups -OCH3 is 1. The monoisotopic (exact) mass is 388 g/mol. The summed E-state index contributed by atoms with van der Waals surface area (Å²) >= 11 is 1.32. The van der Waals surface area contributed by atoms with Crippen molar-refractivity contribution in [1.82, 2.24) is 20.1 Å². The predicted molar refractivity (Wildman–Crippen MR) is 103 cm³/mol. The summed E-state index contributed by atoms with van der Waals surface area (Å²) in [7, 11) is 1.40. The van der Waals surface area contributed by atoms with Crippen LogP contribution in [-0.4, -0.2) is 57.9 Å². The predicted octanol–water partition coefficient (Wildman–Crippen LogP) is 2.54. The first-order valence-corrected chi connectivity index (χ1v) is 10.1. The summed E-state index contributed by atoms with van der Waals surface area (Å²) in [5, 5.41) is 7.68. The van der Waals surface area contributed by atoms with Crippen LogP contribution in [0.4, 0.5) is 0 Å². The zero-order valence-electron chi connectivity index (χ0n) is 15.6. The van der Waals surface area contributed by atoms with Gasteiger partial charge in [0, 0.05) is 18.7 Å². The molecular formula is C19H24N4O3S. The zero-order valence-corrected chi connectivity index (χ0v) is 16.4. The average Bonchev–Trinajstić information content (AvgIpc) is 3.20. The van der Waals surface area contributed by atoms with Crippen molar-refractivity contribution in [2.45, 2.75) is 31.3 Å². The van der Waals surface area contributed by atoms with E-state index in [0.717, 1.165) is 12.0 Å². The lowest BCUT2D eigenvalue weighted by molar-refractivity contribution is -0.148. The Hall–Kier alpha value is -2.35. The van der Waals surface area contributed by atoms with Gasteiger partial charge in [-0.25, -0.2) is 4.98 Å². The number of H-pyrrole nitrogens is 1. The molecule has 1 N–H and O–H groups in total. The van der Waals surface area contributed by atoms with Gasteiger partial charge in [0.2, 0.25) is 11.1 Å². The largest absolute Gasteiger partial charge is 0.469 e. The van der Waals surface area contributed by atoms with Gasteiger partial charge < -0.3 is 9.64 Å². The molecule has 144 valence electrons. The van der Waals surface area contributed by atoms with Gasteiger partial charge in [0.25, 0.3) is 0 Å². The maximum absolute atomic E-state index is 12.4. The Morgan fingerprint density at radius 1 is 1.26 bits per heavy atom. The summed E-state index contributed by atoms with van der Waals surface area (Å²) in [6.07, 6.45) is 2.31. The van der Waals surface area contributed by atoms with E-state index in [9.17, 15) is 9.59 Å². The van der Waals surface area contributed by atoms with Gasteiger partial charge in [-0.3, -0.25) is 14.7 Å². The third kappa shape index (κ3) is 4.88. The molecular weight excluding hydrogens is 364 g/mol. The van der Waals surface area contributed by atoms with E-state index in [4.69, 9.17) is 4.74 Å². The van der Waals surface area contributed by atoms with Crippen LogP contribution in [0.2, 0.25) is 0 Å². The van der Waals surface area contributed by atoms with Gasteiger partial charge in [0.15, 0.2) is 5.82 Å². The molecule has 0 atom stereocenters. The number of thioether (sulfide) groups is 1. The number of carbonyl (C=O) groups excluding carboxylic acids is 2. The molecule has 1 aliphatic heterocycles. The molecule has 3 rings (SSSR count). The smallest absolute Gasteiger partial charge is 0.308 e. The van der Waals surface area contributed by atoms with Gasteiger partial charge in [-0.2, -0.15) is 0 Å². The van der Waals surface area contributed by atoms with Crippen LogP contribution in [0.25, 0.3) is 11.4 Å². The molecule has 0 radical (unpaired) electrons. The van der Waals surface area contributed by atoms with Crippen LogP contribution >= 0.6 is 11.8 Å². The molecule has 0 saturated carbocycles. The van der Waals surface area contributed by atoms with E-state index in [-0.39, 0.29) is 23.5 Å². The van der Waals surface area contributed by atoms with Crippen LogP contribution in [0, 0.1) is 5.92 Å².